The number of nitrogens with zero attached hydrogens (tertiary/aromatic N) is 1. The Balaban J connectivity index is 1.17. The van der Waals surface area contributed by atoms with Crippen LogP contribution in [0.3, 0.4) is 0 Å². The largest absolute Gasteiger partial charge is 0.455 e. The van der Waals surface area contributed by atoms with Crippen LogP contribution in [0.2, 0.25) is 0 Å². The van der Waals surface area contributed by atoms with Crippen LogP contribution < -0.4 is 0 Å². The van der Waals surface area contributed by atoms with Crippen molar-refractivity contribution in [3.8, 4) is 39.1 Å². The normalized spacial score (nSPS) is 11.9. The summed E-state index contributed by atoms with van der Waals surface area (Å²) < 4.78 is 11.5. The van der Waals surface area contributed by atoms with Gasteiger partial charge in [-0.15, -0.1) is 11.3 Å². The van der Waals surface area contributed by atoms with Gasteiger partial charge in [0.05, 0.1) is 11.0 Å². The molecule has 51 heavy (non-hydrogen) atoms. The van der Waals surface area contributed by atoms with Crippen LogP contribution in [0, 0.1) is 0 Å². The van der Waals surface area contributed by atoms with E-state index in [0.717, 1.165) is 27.6 Å². The highest BCUT2D eigenvalue weighted by Gasteiger charge is 2.20. The molecule has 3 aromatic heterocycles. The van der Waals surface area contributed by atoms with Crippen molar-refractivity contribution in [2.75, 3.05) is 0 Å². The second-order valence-corrected chi connectivity index (χ2v) is 14.3. The molecule has 3 heterocycles. The third-order valence-electron chi connectivity index (χ3n) is 10.4. The van der Waals surface area contributed by atoms with E-state index >= 15 is 0 Å². The maximum absolute atomic E-state index is 6.59. The zero-order valence-corrected chi connectivity index (χ0v) is 28.3. The predicted octanol–water partition coefficient (Wildman–Crippen LogP) is 14.1. The van der Waals surface area contributed by atoms with E-state index in [2.05, 4.69) is 180 Å². The summed E-state index contributed by atoms with van der Waals surface area (Å²) in [5.74, 6) is 0. The molecule has 3 heteroatoms. The third-order valence-corrected chi connectivity index (χ3v) is 11.6. The Hall–Kier alpha value is -6.42. The molecule has 11 rings (SSSR count). The number of furan rings is 1. The highest BCUT2D eigenvalue weighted by molar-refractivity contribution is 7.26. The molecule has 0 aliphatic heterocycles. The number of benzene rings is 8. The topological polar surface area (TPSA) is 18.1 Å². The zero-order chi connectivity index (χ0) is 33.5. The molecule has 0 unspecified atom stereocenters. The molecule has 0 saturated carbocycles. The van der Waals surface area contributed by atoms with Gasteiger partial charge in [0.15, 0.2) is 0 Å². The Bertz CT molecular complexity index is 3030. The van der Waals surface area contributed by atoms with Crippen molar-refractivity contribution in [2.24, 2.45) is 0 Å². The van der Waals surface area contributed by atoms with Crippen LogP contribution in [0.4, 0.5) is 0 Å². The number of aromatic nitrogens is 1. The summed E-state index contributed by atoms with van der Waals surface area (Å²) in [7, 11) is 0. The first-order chi connectivity index (χ1) is 25.3. The maximum Gasteiger partial charge on any atom is 0.144 e. The summed E-state index contributed by atoms with van der Waals surface area (Å²) in [6.07, 6.45) is 0. The van der Waals surface area contributed by atoms with Gasteiger partial charge >= 0.3 is 0 Å². The molecule has 0 amide bonds. The number of rotatable bonds is 4. The van der Waals surface area contributed by atoms with Crippen molar-refractivity contribution >= 4 is 75.3 Å². The van der Waals surface area contributed by atoms with E-state index < -0.39 is 0 Å². The molecule has 0 aliphatic rings. The van der Waals surface area contributed by atoms with Gasteiger partial charge in [-0.3, -0.25) is 0 Å². The van der Waals surface area contributed by atoms with Gasteiger partial charge in [-0.1, -0.05) is 121 Å². The SMILES string of the molecule is c1ccc(-c2ccc3c(c2)c2cc(-c4ccccc4)ccc2n3-c2cccc(-c3cc4c5ccccc5oc4c4c3sc3ccccc34)c2)cc1. The van der Waals surface area contributed by atoms with E-state index in [-0.39, 0.29) is 0 Å². The summed E-state index contributed by atoms with van der Waals surface area (Å²) in [6, 6.07) is 63.7. The van der Waals surface area contributed by atoms with Gasteiger partial charge in [0.2, 0.25) is 0 Å². The van der Waals surface area contributed by atoms with Crippen molar-refractivity contribution in [1.29, 1.82) is 0 Å². The summed E-state index contributed by atoms with van der Waals surface area (Å²) in [5, 5.41) is 7.23. The second kappa shape index (κ2) is 11.0. The summed E-state index contributed by atoms with van der Waals surface area (Å²) in [4.78, 5) is 0. The van der Waals surface area contributed by atoms with Gasteiger partial charge in [0, 0.05) is 53.0 Å². The number of para-hydroxylation sites is 1. The Morgan fingerprint density at radius 2 is 1.02 bits per heavy atom. The molecule has 11 aromatic rings. The average Bonchev–Trinajstić information content (AvgIpc) is 3.87. The van der Waals surface area contributed by atoms with Crippen LogP contribution >= 0.6 is 11.3 Å². The minimum Gasteiger partial charge on any atom is -0.455 e. The van der Waals surface area contributed by atoms with Gasteiger partial charge in [-0.25, -0.2) is 0 Å². The molecule has 0 spiro atoms. The van der Waals surface area contributed by atoms with E-state index in [9.17, 15) is 0 Å². The van der Waals surface area contributed by atoms with Crippen molar-refractivity contribution in [3.63, 3.8) is 0 Å². The second-order valence-electron chi connectivity index (χ2n) is 13.3. The zero-order valence-electron chi connectivity index (χ0n) is 27.5. The molecule has 2 nitrogen and oxygen atoms in total. The van der Waals surface area contributed by atoms with E-state index in [4.69, 9.17) is 4.42 Å². The first-order valence-electron chi connectivity index (χ1n) is 17.3. The Labute approximate surface area is 298 Å². The Kier molecular flexibility index (Phi) is 6.16. The molecule has 0 bridgehead atoms. The van der Waals surface area contributed by atoms with Crippen molar-refractivity contribution in [3.05, 3.63) is 176 Å². The van der Waals surface area contributed by atoms with E-state index in [1.165, 1.54) is 75.4 Å². The molecular weight excluding hydrogens is 639 g/mol. The van der Waals surface area contributed by atoms with Crippen LogP contribution in [-0.4, -0.2) is 4.57 Å². The Morgan fingerprint density at radius 3 is 1.73 bits per heavy atom. The molecule has 0 aliphatic carbocycles. The number of hydrogen-bond donors (Lipinski definition) is 0. The van der Waals surface area contributed by atoms with Crippen LogP contribution in [0.25, 0.3) is 103 Å². The van der Waals surface area contributed by atoms with E-state index in [0.29, 0.717) is 0 Å². The number of fused-ring (bicyclic) bond motifs is 10. The first-order valence-corrected chi connectivity index (χ1v) is 18.2. The smallest absolute Gasteiger partial charge is 0.144 e. The molecule has 0 N–H and O–H groups in total. The highest BCUT2D eigenvalue weighted by Crippen LogP contribution is 2.47. The molecule has 0 radical (unpaired) electrons. The maximum atomic E-state index is 6.59. The van der Waals surface area contributed by atoms with E-state index in [1.807, 2.05) is 11.3 Å². The van der Waals surface area contributed by atoms with Crippen molar-refractivity contribution < 1.29 is 4.42 Å². The highest BCUT2D eigenvalue weighted by atomic mass is 32.1. The van der Waals surface area contributed by atoms with Gasteiger partial charge in [-0.05, 0) is 82.4 Å². The van der Waals surface area contributed by atoms with Crippen LogP contribution in [0.5, 0.6) is 0 Å². The lowest BCUT2D eigenvalue weighted by atomic mass is 9.98. The van der Waals surface area contributed by atoms with Crippen LogP contribution in [-0.2, 0) is 0 Å². The lowest BCUT2D eigenvalue weighted by molar-refractivity contribution is 0.673. The van der Waals surface area contributed by atoms with Gasteiger partial charge in [0.1, 0.15) is 11.2 Å². The van der Waals surface area contributed by atoms with Crippen molar-refractivity contribution in [1.82, 2.24) is 4.57 Å². The molecular formula is C48H29NOS. The van der Waals surface area contributed by atoms with Crippen LogP contribution in [0.1, 0.15) is 0 Å². The quantitative estimate of drug-likeness (QED) is 0.183. The van der Waals surface area contributed by atoms with E-state index in [1.54, 1.807) is 0 Å². The third kappa shape index (κ3) is 4.35. The minimum absolute atomic E-state index is 0.921. The molecule has 0 saturated heterocycles. The summed E-state index contributed by atoms with van der Waals surface area (Å²) in [6.45, 7) is 0. The predicted molar refractivity (Wildman–Crippen MR) is 217 cm³/mol. The van der Waals surface area contributed by atoms with Crippen molar-refractivity contribution in [2.45, 2.75) is 0 Å². The fraction of sp³-hybridized carbons (Fsp3) is 0. The lowest BCUT2D eigenvalue weighted by Crippen LogP contribution is -1.94. The summed E-state index contributed by atoms with van der Waals surface area (Å²) >= 11 is 1.85. The molecule has 0 fully saturated rings. The summed E-state index contributed by atoms with van der Waals surface area (Å²) in [5.41, 5.74) is 12.7. The van der Waals surface area contributed by atoms with Gasteiger partial charge < -0.3 is 8.98 Å². The number of hydrogen-bond acceptors (Lipinski definition) is 2. The number of thiophene rings is 1. The van der Waals surface area contributed by atoms with Gasteiger partial charge in [-0.2, -0.15) is 0 Å². The van der Waals surface area contributed by atoms with Gasteiger partial charge in [0.25, 0.3) is 0 Å². The molecule has 0 atom stereocenters. The average molecular weight is 668 g/mol. The standard InChI is InChI=1S/C48H29NOS/c1-3-12-30(13-4-1)32-22-24-42-39(27-32)40-28-33(31-14-5-2-6-15-31)23-25-43(40)49(42)35-17-11-16-34(26-35)38-29-41-36-18-7-9-20-44(36)50-47(41)46-37-19-8-10-21-45(37)51-48(38)46/h1-29H. The van der Waals surface area contributed by atoms with Crippen LogP contribution in [0.15, 0.2) is 180 Å². The lowest BCUT2D eigenvalue weighted by Gasteiger charge is -2.12. The molecule has 238 valence electrons. The monoisotopic (exact) mass is 667 g/mol. The first kappa shape index (κ1) is 28.4. The Morgan fingerprint density at radius 1 is 0.412 bits per heavy atom. The fourth-order valence-corrected chi connectivity index (χ4v) is 9.25. The fourth-order valence-electron chi connectivity index (χ4n) is 8.01. The molecule has 8 aromatic carbocycles. The minimum atomic E-state index is 0.921.